The van der Waals surface area contributed by atoms with E-state index in [1.807, 2.05) is 146 Å². The van der Waals surface area contributed by atoms with Gasteiger partial charge < -0.3 is 14.2 Å². The molecule has 0 aliphatic rings. The third-order valence-corrected chi connectivity index (χ3v) is 21.3. The van der Waals surface area contributed by atoms with Crippen LogP contribution >= 0.6 is 11.8 Å². The van der Waals surface area contributed by atoms with Crippen LogP contribution in [-0.4, -0.2) is 106 Å². The van der Waals surface area contributed by atoms with Gasteiger partial charge in [0.15, 0.2) is 92.5 Å². The van der Waals surface area contributed by atoms with Crippen molar-refractivity contribution in [2.45, 2.75) is 121 Å². The van der Waals surface area contributed by atoms with Gasteiger partial charge in [0.1, 0.15) is 36.2 Å². The number of rotatable bonds is 26. The van der Waals surface area contributed by atoms with Gasteiger partial charge in [0.05, 0.1) is 0 Å². The minimum Gasteiger partial charge on any atom is -0.490 e. The number of hydrogen-bond donors (Lipinski definition) is 0. The van der Waals surface area contributed by atoms with Gasteiger partial charge in [-0.05, 0) is 283 Å². The predicted molar refractivity (Wildman–Crippen MR) is 527 cm³/mol. The minimum atomic E-state index is -0.0156. The molecule has 0 aromatic heterocycles. The van der Waals surface area contributed by atoms with E-state index in [2.05, 4.69) is 0 Å². The monoisotopic (exact) mass is 1810 g/mol. The molecule has 0 radical (unpaired) electrons. The fourth-order valence-corrected chi connectivity index (χ4v) is 13.3. The van der Waals surface area contributed by atoms with E-state index in [0.29, 0.717) is 114 Å². The van der Waals surface area contributed by atoms with Crippen LogP contribution in [0.1, 0.15) is 277 Å². The molecule has 14 rings (SSSR count). The molecule has 0 fully saturated rings. The van der Waals surface area contributed by atoms with Crippen LogP contribution in [0.3, 0.4) is 0 Å². The van der Waals surface area contributed by atoms with Crippen LogP contribution in [0.2, 0.25) is 0 Å². The van der Waals surface area contributed by atoms with Crippen LogP contribution < -0.4 is 14.2 Å². The van der Waals surface area contributed by atoms with Crippen LogP contribution in [0.15, 0.2) is 325 Å². The SMILES string of the molecule is CC(=O)c1ccc(-c2ccc(C(C)=O)cc2)cc1.CC(=O)c1ccc(C(C)=O)cc1.CC(=O)c1ccc(OCCOc2ccc(C(C)=O)cc2)cc1.CC(=O)c1ccc(Oc2ccc(C(C)=O)cc2)cc1.CC(=O)c1ccc(Sc2ccc(C(C)=O)cc2)cc1.CC(=O)c1ccc2cc(C(C)=O)ccc2c1.CC(=O)c1cccc(C(C)=O)c1.CC(=O)c1cccc2c(C(C)=O)cccc12. The second-order valence-electron chi connectivity index (χ2n) is 30.7. The summed E-state index contributed by atoms with van der Waals surface area (Å²) in [6, 6.07) is 93.2. The Morgan fingerprint density at radius 1 is 0.187 bits per heavy atom. The van der Waals surface area contributed by atoms with E-state index < -0.39 is 0 Å². The summed E-state index contributed by atoms with van der Waals surface area (Å²) in [4.78, 5) is 180. The highest BCUT2D eigenvalue weighted by Gasteiger charge is 2.14. The van der Waals surface area contributed by atoms with Crippen molar-refractivity contribution in [1.29, 1.82) is 0 Å². The molecule has 0 saturated heterocycles. The summed E-state index contributed by atoms with van der Waals surface area (Å²) in [5.74, 6) is 3.23. The van der Waals surface area contributed by atoms with E-state index in [9.17, 15) is 76.7 Å². The van der Waals surface area contributed by atoms with Crippen LogP contribution in [0, 0.1) is 0 Å². The Bertz CT molecular complexity index is 6100. The number of hydrogen-bond acceptors (Lipinski definition) is 20. The molecule has 0 amide bonds. The number of ketones is 16. The maximum atomic E-state index is 11.5. The molecule has 0 atom stereocenters. The topological polar surface area (TPSA) is 301 Å². The Labute approximate surface area is 784 Å². The van der Waals surface area contributed by atoms with Crippen LogP contribution in [0.4, 0.5) is 0 Å². The summed E-state index contributed by atoms with van der Waals surface area (Å²) >= 11 is 1.61. The second-order valence-corrected chi connectivity index (χ2v) is 31.9. The average molecular weight is 1810 g/mol. The third kappa shape index (κ3) is 33.9. The van der Waals surface area contributed by atoms with E-state index in [4.69, 9.17) is 14.2 Å². The molecule has 0 N–H and O–H groups in total. The van der Waals surface area contributed by atoms with Crippen LogP contribution in [0.25, 0.3) is 32.7 Å². The van der Waals surface area contributed by atoms with E-state index >= 15 is 0 Å². The van der Waals surface area contributed by atoms with Gasteiger partial charge in [-0.2, -0.15) is 0 Å². The summed E-state index contributed by atoms with van der Waals surface area (Å²) < 4.78 is 16.7. The lowest BCUT2D eigenvalue weighted by Gasteiger charge is -2.09. The molecule has 0 saturated carbocycles. The summed E-state index contributed by atoms with van der Waals surface area (Å²) in [6.45, 7) is 25.3. The minimum absolute atomic E-state index is 0.0156. The van der Waals surface area contributed by atoms with Crippen molar-refractivity contribution in [1.82, 2.24) is 0 Å². The summed E-state index contributed by atoms with van der Waals surface area (Å²) in [6.07, 6.45) is 0. The molecule has 680 valence electrons. The van der Waals surface area contributed by atoms with Crippen LogP contribution in [-0.2, 0) is 0 Å². The van der Waals surface area contributed by atoms with Gasteiger partial charge in [0.25, 0.3) is 0 Å². The molecule has 0 aliphatic carbocycles. The van der Waals surface area contributed by atoms with Crippen LogP contribution in [0.5, 0.6) is 23.0 Å². The highest BCUT2D eigenvalue weighted by molar-refractivity contribution is 7.99. The van der Waals surface area contributed by atoms with Gasteiger partial charge in [-0.3, -0.25) is 76.7 Å². The van der Waals surface area contributed by atoms with Crippen molar-refractivity contribution in [3.63, 3.8) is 0 Å². The first-order valence-electron chi connectivity index (χ1n) is 42.5. The lowest BCUT2D eigenvalue weighted by molar-refractivity contribution is 0.0999. The van der Waals surface area contributed by atoms with E-state index in [-0.39, 0.29) is 92.5 Å². The van der Waals surface area contributed by atoms with Gasteiger partial charge in [-0.15, -0.1) is 0 Å². The number of fused-ring (bicyclic) bond motifs is 2. The zero-order valence-corrected chi connectivity index (χ0v) is 78.4. The normalized spacial score (nSPS) is 10.1. The summed E-state index contributed by atoms with van der Waals surface area (Å²) in [7, 11) is 0. The maximum Gasteiger partial charge on any atom is 0.160 e. The van der Waals surface area contributed by atoms with Crippen molar-refractivity contribution in [2.75, 3.05) is 13.2 Å². The first-order valence-corrected chi connectivity index (χ1v) is 43.3. The number of ether oxygens (including phenoxy) is 3. The first-order chi connectivity index (χ1) is 63.7. The van der Waals surface area contributed by atoms with Crippen molar-refractivity contribution >= 4 is 126 Å². The van der Waals surface area contributed by atoms with Gasteiger partial charge in [-0.25, -0.2) is 0 Å². The lowest BCUT2D eigenvalue weighted by atomic mass is 9.97. The molecule has 14 aromatic rings. The molecule has 0 bridgehead atoms. The molecule has 14 aromatic carbocycles. The number of benzene rings is 14. The quantitative estimate of drug-likeness (QED) is 0.0359. The largest absolute Gasteiger partial charge is 0.490 e. The maximum absolute atomic E-state index is 11.5. The molecular weight excluding hydrogens is 1710 g/mol. The average Bonchev–Trinajstić information content (AvgIpc) is 0.784. The molecule has 134 heavy (non-hydrogen) atoms. The molecule has 19 nitrogen and oxygen atoms in total. The zero-order valence-electron chi connectivity index (χ0n) is 77.6. The Balaban J connectivity index is 0.000000210. The van der Waals surface area contributed by atoms with Gasteiger partial charge in [-0.1, -0.05) is 188 Å². The van der Waals surface area contributed by atoms with Crippen molar-refractivity contribution in [2.24, 2.45) is 0 Å². The third-order valence-electron chi connectivity index (χ3n) is 20.3. The van der Waals surface area contributed by atoms with Crippen molar-refractivity contribution in [3.8, 4) is 34.1 Å². The van der Waals surface area contributed by atoms with Crippen molar-refractivity contribution < 1.29 is 90.9 Å². The summed E-state index contributed by atoms with van der Waals surface area (Å²) in [5, 5.41) is 3.67. The second kappa shape index (κ2) is 52.1. The molecular formula is C114H104O19S. The zero-order chi connectivity index (χ0) is 98.4. The Hall–Kier alpha value is -15.9. The molecule has 0 spiro atoms. The standard InChI is InChI=1S/C18H18O4.C16H14O3.C16H14O2S.C16H14O2.2C14H12O2.2C10H10O2/c1-13(19)15-3-7-17(8-4-15)21-11-12-22-18-9-5-16(6-10-18)14(2)20;2*1-11(17)13-3-7-15(8-4-13)19-16-9-5-14(6-10-16)12(2)18;1-11(17)13-3-7-15(8-4-13)16-9-5-14(6-10-16)12(2)18;1-9(15)11-3-5-14-8-12(10(2)16)4-6-13(14)7-11;1-9(15)11-5-3-8-14-12(10(2)16)6-4-7-13(11)14;1-7(11)9-3-5-10(6-4-9)8(2)12;1-7(11)9-4-3-5-10(6-9)8(2)12/h3-10H,11-12H2,1-2H3;2*3-10H,1-2H3;3-10H,1-2H3;2*3-8H,1-2H3;2*3-6H,1-2H3. The smallest absolute Gasteiger partial charge is 0.160 e. The van der Waals surface area contributed by atoms with Gasteiger partial charge in [0, 0.05) is 98.8 Å². The highest BCUT2D eigenvalue weighted by atomic mass is 32.2. The molecule has 0 heterocycles. The number of Topliss-reactive ketones (excluding diaryl/α,β-unsaturated/α-hetero) is 16. The van der Waals surface area contributed by atoms with E-state index in [1.165, 1.54) is 69.2 Å². The fraction of sp³-hybridized carbons (Fsp3) is 0.158. The first kappa shape index (κ1) is 105. The molecule has 0 unspecified atom stereocenters. The fourth-order valence-electron chi connectivity index (χ4n) is 12.5. The predicted octanol–water partition coefficient (Wildman–Crippen LogP) is 26.1. The Kier molecular flexibility index (Phi) is 40.8. The van der Waals surface area contributed by atoms with Gasteiger partial charge >= 0.3 is 0 Å². The Morgan fingerprint density at radius 3 is 0.612 bits per heavy atom. The number of carbonyl (C=O) groups is 16. The lowest BCUT2D eigenvalue weighted by Crippen LogP contribution is -2.09. The molecule has 20 heteroatoms. The van der Waals surface area contributed by atoms with Gasteiger partial charge in [0.2, 0.25) is 0 Å². The summed E-state index contributed by atoms with van der Waals surface area (Å²) in [5.41, 5.74) is 12.7. The van der Waals surface area contributed by atoms with Crippen molar-refractivity contribution in [3.05, 3.63) is 404 Å². The van der Waals surface area contributed by atoms with E-state index in [1.54, 1.807) is 223 Å². The Morgan fingerprint density at radius 2 is 0.381 bits per heavy atom. The molecule has 0 aliphatic heterocycles. The van der Waals surface area contributed by atoms with E-state index in [0.717, 1.165) is 53.6 Å². The highest BCUT2D eigenvalue weighted by Crippen LogP contribution is 2.30. The number of carbonyl (C=O) groups excluding carboxylic acids is 16.